The van der Waals surface area contributed by atoms with Crippen molar-refractivity contribution in [1.29, 1.82) is 0 Å². The maximum absolute atomic E-state index is 11.0. The first-order chi connectivity index (χ1) is 12.7. The average molecular weight is 360 g/mol. The first-order valence-electron chi connectivity index (χ1n) is 9.59. The van der Waals surface area contributed by atoms with Crippen LogP contribution in [0.4, 0.5) is 0 Å². The number of rotatable bonds is 16. The van der Waals surface area contributed by atoms with Gasteiger partial charge in [0.2, 0.25) is 5.70 Å². The molecule has 0 aliphatic rings. The van der Waals surface area contributed by atoms with Crippen LogP contribution < -0.4 is 0 Å². The lowest BCUT2D eigenvalue weighted by molar-refractivity contribution is -0.427. The third-order valence-electron chi connectivity index (χ3n) is 3.68. The zero-order valence-electron chi connectivity index (χ0n) is 16.0. The predicted octanol–water partition coefficient (Wildman–Crippen LogP) is 6.49. The highest BCUT2D eigenvalue weighted by molar-refractivity contribution is 5.49. The number of hydrogen-bond donors (Lipinski definition) is 0. The molecule has 0 unspecified atom stereocenters. The molecule has 0 rings (SSSR count). The summed E-state index contributed by atoms with van der Waals surface area (Å²) < 4.78 is 0. The first-order valence-corrected chi connectivity index (χ1v) is 9.59. The second-order valence-corrected chi connectivity index (χ2v) is 5.99. The summed E-state index contributed by atoms with van der Waals surface area (Å²) in [5, 5.41) is 11.0. The Labute approximate surface area is 158 Å². The Balaban J connectivity index is 3.88. The highest BCUT2D eigenvalue weighted by atomic mass is 16.6. The monoisotopic (exact) mass is 359 g/mol. The summed E-state index contributed by atoms with van der Waals surface area (Å²) in [5.41, 5.74) is 0.297. The summed E-state index contributed by atoms with van der Waals surface area (Å²) in [4.78, 5) is 20.9. The Morgan fingerprint density at radius 1 is 0.808 bits per heavy atom. The van der Waals surface area contributed by atoms with E-state index in [4.69, 9.17) is 0 Å². The van der Waals surface area contributed by atoms with Crippen molar-refractivity contribution >= 4 is 6.29 Å². The zero-order chi connectivity index (χ0) is 19.3. The average Bonchev–Trinajstić information content (AvgIpc) is 2.63. The second-order valence-electron chi connectivity index (χ2n) is 5.99. The first kappa shape index (κ1) is 23.8. The fraction of sp³-hybridized carbons (Fsp3) is 0.500. The number of allylic oxidation sites excluding steroid dienone is 9. The van der Waals surface area contributed by atoms with Gasteiger partial charge in [0.1, 0.15) is 6.29 Å². The van der Waals surface area contributed by atoms with Crippen LogP contribution in [0.2, 0.25) is 0 Å². The molecule has 0 spiro atoms. The molecule has 0 aliphatic carbocycles. The number of carbonyl (C=O) groups is 1. The van der Waals surface area contributed by atoms with E-state index in [0.717, 1.165) is 57.7 Å². The standard InChI is InChI=1S/C22H33NO3/c1-2-3-4-16-19-22(23(25)26)20-17-14-12-10-8-6-5-7-9-11-13-15-18-21-24/h5,7-8,10-11,13-14,17,19,21H,2-4,6,9,12,15-16,18,20H2,1H3/b7-5-,10-8-,13-11-,17-14-,22-19+. The summed E-state index contributed by atoms with van der Waals surface area (Å²) in [5.74, 6) is 0. The van der Waals surface area contributed by atoms with E-state index in [1.54, 1.807) is 6.08 Å². The Morgan fingerprint density at radius 3 is 1.92 bits per heavy atom. The molecule has 0 aromatic rings. The summed E-state index contributed by atoms with van der Waals surface area (Å²) in [7, 11) is 0. The minimum atomic E-state index is -0.273. The van der Waals surface area contributed by atoms with Gasteiger partial charge in [-0.1, -0.05) is 68.4 Å². The fourth-order valence-corrected chi connectivity index (χ4v) is 2.19. The van der Waals surface area contributed by atoms with Gasteiger partial charge in [0, 0.05) is 6.42 Å². The highest BCUT2D eigenvalue weighted by Crippen LogP contribution is 2.09. The fourth-order valence-electron chi connectivity index (χ4n) is 2.19. The number of aldehydes is 1. The van der Waals surface area contributed by atoms with Gasteiger partial charge in [0.25, 0.3) is 0 Å². The van der Waals surface area contributed by atoms with E-state index >= 15 is 0 Å². The van der Waals surface area contributed by atoms with E-state index in [0.29, 0.717) is 18.5 Å². The number of unbranched alkanes of at least 4 members (excludes halogenated alkanes) is 4. The predicted molar refractivity (Wildman–Crippen MR) is 110 cm³/mol. The molecule has 0 radical (unpaired) electrons. The topological polar surface area (TPSA) is 60.2 Å². The van der Waals surface area contributed by atoms with Gasteiger partial charge in [-0.3, -0.25) is 10.1 Å². The molecule has 4 heteroatoms. The molecule has 4 nitrogen and oxygen atoms in total. The van der Waals surface area contributed by atoms with Gasteiger partial charge >= 0.3 is 0 Å². The summed E-state index contributed by atoms with van der Waals surface area (Å²) in [6.45, 7) is 2.12. The van der Waals surface area contributed by atoms with Crippen molar-refractivity contribution in [2.24, 2.45) is 0 Å². The maximum Gasteiger partial charge on any atom is 0.246 e. The van der Waals surface area contributed by atoms with Crippen molar-refractivity contribution in [3.05, 3.63) is 70.5 Å². The molecule has 0 bridgehead atoms. The van der Waals surface area contributed by atoms with Crippen LogP contribution in [0.1, 0.15) is 71.1 Å². The van der Waals surface area contributed by atoms with E-state index in [2.05, 4.69) is 37.3 Å². The van der Waals surface area contributed by atoms with E-state index in [1.807, 2.05) is 18.2 Å². The van der Waals surface area contributed by atoms with Crippen molar-refractivity contribution in [3.8, 4) is 0 Å². The largest absolute Gasteiger partial charge is 0.303 e. The molecule has 0 amide bonds. The number of hydrogen-bond acceptors (Lipinski definition) is 3. The van der Waals surface area contributed by atoms with Crippen molar-refractivity contribution in [1.82, 2.24) is 0 Å². The van der Waals surface area contributed by atoms with Crippen molar-refractivity contribution in [3.63, 3.8) is 0 Å². The van der Waals surface area contributed by atoms with Crippen LogP contribution in [0.3, 0.4) is 0 Å². The molecule has 26 heavy (non-hydrogen) atoms. The SMILES string of the molecule is CCCCC/C=C(\C/C=C\C/C=C\C/C=C\C/C=C\CCC=O)[N+](=O)[O-]. The lowest BCUT2D eigenvalue weighted by atomic mass is 10.1. The lowest BCUT2D eigenvalue weighted by Crippen LogP contribution is -1.97. The minimum absolute atomic E-state index is 0.273. The second kappa shape index (κ2) is 19.1. The van der Waals surface area contributed by atoms with Gasteiger partial charge in [-0.2, -0.15) is 0 Å². The maximum atomic E-state index is 11.0. The third-order valence-corrected chi connectivity index (χ3v) is 3.68. The Bertz CT molecular complexity index is 513. The summed E-state index contributed by atoms with van der Waals surface area (Å²) in [6.07, 6.45) is 27.4. The molecular weight excluding hydrogens is 326 g/mol. The molecular formula is C22H33NO3. The normalized spacial score (nSPS) is 12.9. The van der Waals surface area contributed by atoms with Gasteiger partial charge in [-0.15, -0.1) is 0 Å². The van der Waals surface area contributed by atoms with E-state index in [-0.39, 0.29) is 4.92 Å². The summed E-state index contributed by atoms with van der Waals surface area (Å²) in [6, 6.07) is 0. The minimum Gasteiger partial charge on any atom is -0.303 e. The highest BCUT2D eigenvalue weighted by Gasteiger charge is 2.06. The van der Waals surface area contributed by atoms with Crippen LogP contribution in [0.25, 0.3) is 0 Å². The lowest BCUT2D eigenvalue weighted by Gasteiger charge is -1.95. The molecule has 0 saturated carbocycles. The van der Waals surface area contributed by atoms with Crippen LogP contribution in [-0.4, -0.2) is 11.2 Å². The van der Waals surface area contributed by atoms with Crippen molar-refractivity contribution < 1.29 is 9.72 Å². The van der Waals surface area contributed by atoms with Crippen LogP contribution in [0.15, 0.2) is 60.4 Å². The van der Waals surface area contributed by atoms with Crippen LogP contribution in [-0.2, 0) is 4.79 Å². The molecule has 0 fully saturated rings. The molecule has 0 aromatic carbocycles. The van der Waals surface area contributed by atoms with E-state index in [9.17, 15) is 14.9 Å². The quantitative estimate of drug-likeness (QED) is 0.104. The molecule has 0 aliphatic heterocycles. The number of nitrogens with zero attached hydrogens (tertiary/aromatic N) is 1. The van der Waals surface area contributed by atoms with Crippen LogP contribution in [0.5, 0.6) is 0 Å². The van der Waals surface area contributed by atoms with Gasteiger partial charge in [0.05, 0.1) is 11.3 Å². The smallest absolute Gasteiger partial charge is 0.246 e. The van der Waals surface area contributed by atoms with Crippen molar-refractivity contribution in [2.75, 3.05) is 0 Å². The molecule has 0 N–H and O–H groups in total. The van der Waals surface area contributed by atoms with Crippen LogP contribution >= 0.6 is 0 Å². The third kappa shape index (κ3) is 16.6. The Kier molecular flexibility index (Phi) is 17.5. The summed E-state index contributed by atoms with van der Waals surface area (Å²) >= 11 is 0. The van der Waals surface area contributed by atoms with Gasteiger partial charge < -0.3 is 4.79 Å². The molecule has 0 aromatic heterocycles. The van der Waals surface area contributed by atoms with Crippen molar-refractivity contribution in [2.45, 2.75) is 71.1 Å². The van der Waals surface area contributed by atoms with Gasteiger partial charge in [0.15, 0.2) is 0 Å². The molecule has 0 heterocycles. The Morgan fingerprint density at radius 2 is 1.38 bits per heavy atom. The molecule has 0 atom stereocenters. The Hall–Kier alpha value is -2.23. The van der Waals surface area contributed by atoms with Gasteiger partial charge in [-0.25, -0.2) is 0 Å². The molecule has 0 saturated heterocycles. The van der Waals surface area contributed by atoms with E-state index < -0.39 is 0 Å². The van der Waals surface area contributed by atoms with E-state index in [1.165, 1.54) is 0 Å². The molecule has 144 valence electrons. The van der Waals surface area contributed by atoms with Gasteiger partial charge in [-0.05, 0) is 44.6 Å². The zero-order valence-corrected chi connectivity index (χ0v) is 16.0. The number of carbonyl (C=O) groups excluding carboxylic acids is 1. The van der Waals surface area contributed by atoms with Crippen LogP contribution in [0, 0.1) is 10.1 Å². The number of nitro groups is 1.